The summed E-state index contributed by atoms with van der Waals surface area (Å²) in [4.78, 5) is 11.7. The monoisotopic (exact) mass is 188 g/mol. The average molecular weight is 188 g/mol. The van der Waals surface area contributed by atoms with E-state index in [-0.39, 0.29) is 11.8 Å². The molecule has 1 heterocycles. The van der Waals surface area contributed by atoms with Crippen molar-refractivity contribution in [2.45, 2.75) is 13.3 Å². The van der Waals surface area contributed by atoms with Crippen molar-refractivity contribution in [2.24, 2.45) is 11.0 Å². The van der Waals surface area contributed by atoms with Crippen molar-refractivity contribution < 1.29 is 4.79 Å². The fraction of sp³-hybridized carbons (Fsp3) is 0.273. The summed E-state index contributed by atoms with van der Waals surface area (Å²) in [5.41, 5.74) is 0.838. The fourth-order valence-corrected chi connectivity index (χ4v) is 1.47. The lowest BCUT2D eigenvalue weighted by Crippen LogP contribution is -2.25. The highest BCUT2D eigenvalue weighted by Gasteiger charge is 2.27. The normalized spacial score (nSPS) is 20.5. The number of hydrogen-bond donors (Lipinski definition) is 0. The Morgan fingerprint density at radius 2 is 2.07 bits per heavy atom. The maximum Gasteiger partial charge on any atom is 0.255 e. The topological polar surface area (TPSA) is 32.7 Å². The number of hydrogen-bond acceptors (Lipinski definition) is 2. The van der Waals surface area contributed by atoms with Crippen LogP contribution >= 0.6 is 0 Å². The summed E-state index contributed by atoms with van der Waals surface area (Å²) in [6.07, 6.45) is 2.53. The summed E-state index contributed by atoms with van der Waals surface area (Å²) in [5, 5.41) is 5.56. The first-order chi connectivity index (χ1) is 6.83. The Morgan fingerprint density at radius 3 is 2.64 bits per heavy atom. The van der Waals surface area contributed by atoms with Gasteiger partial charge in [0.2, 0.25) is 0 Å². The highest BCUT2D eigenvalue weighted by Crippen LogP contribution is 2.21. The standard InChI is InChI=1S/C11H12N2O/c1-2-9-8-12-13(11(9)14)10-6-4-3-5-7-10/h3-9H,2H2,1H3. The molecule has 2 rings (SSSR count). The Hall–Kier alpha value is -1.64. The van der Waals surface area contributed by atoms with Gasteiger partial charge in [-0.05, 0) is 18.6 Å². The van der Waals surface area contributed by atoms with Gasteiger partial charge in [0.15, 0.2) is 0 Å². The molecule has 0 fully saturated rings. The molecule has 0 bridgehead atoms. The maximum absolute atomic E-state index is 11.7. The fourth-order valence-electron chi connectivity index (χ4n) is 1.47. The molecule has 1 aliphatic heterocycles. The lowest BCUT2D eigenvalue weighted by molar-refractivity contribution is -0.119. The number of rotatable bonds is 2. The zero-order chi connectivity index (χ0) is 9.97. The Balaban J connectivity index is 2.23. The molecule has 1 aromatic rings. The highest BCUT2D eigenvalue weighted by molar-refractivity contribution is 6.07. The molecular weight excluding hydrogens is 176 g/mol. The number of carbonyl (C=O) groups is 1. The van der Waals surface area contributed by atoms with Crippen LogP contribution in [-0.2, 0) is 4.79 Å². The van der Waals surface area contributed by atoms with Gasteiger partial charge in [-0.2, -0.15) is 5.10 Å². The van der Waals surface area contributed by atoms with Crippen molar-refractivity contribution in [1.29, 1.82) is 0 Å². The predicted octanol–water partition coefficient (Wildman–Crippen LogP) is 2.05. The van der Waals surface area contributed by atoms with Crippen molar-refractivity contribution in [1.82, 2.24) is 0 Å². The van der Waals surface area contributed by atoms with Crippen LogP contribution in [0.15, 0.2) is 35.4 Å². The summed E-state index contributed by atoms with van der Waals surface area (Å²) in [6, 6.07) is 9.49. The first-order valence-corrected chi connectivity index (χ1v) is 4.76. The van der Waals surface area contributed by atoms with Crippen LogP contribution in [0.4, 0.5) is 5.69 Å². The number of anilines is 1. The quantitative estimate of drug-likeness (QED) is 0.699. The molecule has 1 aliphatic rings. The second-order valence-electron chi connectivity index (χ2n) is 3.26. The second-order valence-corrected chi connectivity index (χ2v) is 3.26. The van der Waals surface area contributed by atoms with Crippen molar-refractivity contribution in [2.75, 3.05) is 5.01 Å². The second kappa shape index (κ2) is 3.62. The van der Waals surface area contributed by atoms with Crippen LogP contribution in [-0.4, -0.2) is 12.1 Å². The van der Waals surface area contributed by atoms with E-state index in [9.17, 15) is 4.79 Å². The van der Waals surface area contributed by atoms with E-state index in [2.05, 4.69) is 5.10 Å². The third kappa shape index (κ3) is 1.41. The molecule has 0 aromatic heterocycles. The minimum Gasteiger partial charge on any atom is -0.272 e. The minimum absolute atomic E-state index is 0.0461. The third-order valence-corrected chi connectivity index (χ3v) is 2.33. The summed E-state index contributed by atoms with van der Waals surface area (Å²) < 4.78 is 0. The smallest absolute Gasteiger partial charge is 0.255 e. The van der Waals surface area contributed by atoms with E-state index in [0.29, 0.717) is 0 Å². The van der Waals surface area contributed by atoms with E-state index in [1.807, 2.05) is 37.3 Å². The largest absolute Gasteiger partial charge is 0.272 e. The molecule has 1 aromatic carbocycles. The summed E-state index contributed by atoms with van der Waals surface area (Å²) >= 11 is 0. The number of hydrazone groups is 1. The van der Waals surface area contributed by atoms with Gasteiger partial charge in [-0.25, -0.2) is 5.01 Å². The molecule has 0 saturated heterocycles. The van der Waals surface area contributed by atoms with Crippen molar-refractivity contribution >= 4 is 17.8 Å². The molecule has 0 radical (unpaired) electrons. The zero-order valence-electron chi connectivity index (χ0n) is 8.05. The minimum atomic E-state index is -0.0461. The van der Waals surface area contributed by atoms with Crippen LogP contribution in [0.25, 0.3) is 0 Å². The molecular formula is C11H12N2O. The summed E-state index contributed by atoms with van der Waals surface area (Å²) in [6.45, 7) is 1.99. The van der Waals surface area contributed by atoms with Gasteiger partial charge in [0.05, 0.1) is 11.6 Å². The molecule has 0 saturated carbocycles. The predicted molar refractivity (Wildman–Crippen MR) is 56.2 cm³/mol. The van der Waals surface area contributed by atoms with Gasteiger partial charge >= 0.3 is 0 Å². The molecule has 14 heavy (non-hydrogen) atoms. The zero-order valence-corrected chi connectivity index (χ0v) is 8.05. The summed E-state index contributed by atoms with van der Waals surface area (Å²) in [5.74, 6) is 0.0221. The van der Waals surface area contributed by atoms with Crippen molar-refractivity contribution in [3.05, 3.63) is 30.3 Å². The molecule has 1 atom stereocenters. The molecule has 3 heteroatoms. The first-order valence-electron chi connectivity index (χ1n) is 4.76. The van der Waals surface area contributed by atoms with Gasteiger partial charge in [0, 0.05) is 6.21 Å². The number of benzene rings is 1. The Bertz CT molecular complexity index is 359. The van der Waals surface area contributed by atoms with Gasteiger partial charge in [-0.3, -0.25) is 4.79 Å². The van der Waals surface area contributed by atoms with Crippen LogP contribution < -0.4 is 5.01 Å². The van der Waals surface area contributed by atoms with E-state index >= 15 is 0 Å². The lowest BCUT2D eigenvalue weighted by atomic mass is 10.1. The van der Waals surface area contributed by atoms with E-state index in [1.54, 1.807) is 6.21 Å². The SMILES string of the molecule is CCC1C=NN(c2ccccc2)C1=O. The molecule has 1 amide bonds. The lowest BCUT2D eigenvalue weighted by Gasteiger charge is -2.12. The third-order valence-electron chi connectivity index (χ3n) is 2.33. The molecule has 1 unspecified atom stereocenters. The number of amides is 1. The van der Waals surface area contributed by atoms with E-state index < -0.39 is 0 Å². The first kappa shape index (κ1) is 8.94. The van der Waals surface area contributed by atoms with E-state index in [0.717, 1.165) is 12.1 Å². The molecule has 0 aliphatic carbocycles. The highest BCUT2D eigenvalue weighted by atomic mass is 16.2. The van der Waals surface area contributed by atoms with E-state index in [4.69, 9.17) is 0 Å². The van der Waals surface area contributed by atoms with Gasteiger partial charge in [-0.1, -0.05) is 25.1 Å². The van der Waals surface area contributed by atoms with Gasteiger partial charge < -0.3 is 0 Å². The molecule has 0 N–H and O–H groups in total. The van der Waals surface area contributed by atoms with Crippen LogP contribution in [0.2, 0.25) is 0 Å². The van der Waals surface area contributed by atoms with Crippen LogP contribution in [0.1, 0.15) is 13.3 Å². The van der Waals surface area contributed by atoms with Crippen LogP contribution in [0.5, 0.6) is 0 Å². The summed E-state index contributed by atoms with van der Waals surface area (Å²) in [7, 11) is 0. The van der Waals surface area contributed by atoms with Crippen LogP contribution in [0.3, 0.4) is 0 Å². The van der Waals surface area contributed by atoms with Crippen LogP contribution in [0, 0.1) is 5.92 Å². The Labute approximate surface area is 83.0 Å². The molecule has 3 nitrogen and oxygen atoms in total. The van der Waals surface area contributed by atoms with Crippen molar-refractivity contribution in [3.8, 4) is 0 Å². The molecule has 0 spiro atoms. The van der Waals surface area contributed by atoms with Gasteiger partial charge in [-0.15, -0.1) is 0 Å². The Morgan fingerprint density at radius 1 is 1.36 bits per heavy atom. The van der Waals surface area contributed by atoms with Gasteiger partial charge in [0.25, 0.3) is 5.91 Å². The number of para-hydroxylation sites is 1. The Kier molecular flexibility index (Phi) is 2.31. The van der Waals surface area contributed by atoms with Gasteiger partial charge in [0.1, 0.15) is 0 Å². The molecule has 72 valence electrons. The number of nitrogens with zero attached hydrogens (tertiary/aromatic N) is 2. The maximum atomic E-state index is 11.7. The number of carbonyl (C=O) groups excluding carboxylic acids is 1. The van der Waals surface area contributed by atoms with Crippen molar-refractivity contribution in [3.63, 3.8) is 0 Å². The average Bonchev–Trinajstić information content (AvgIpc) is 2.61. The van der Waals surface area contributed by atoms with E-state index in [1.165, 1.54) is 5.01 Å².